The molecule has 0 N–H and O–H groups in total. The summed E-state index contributed by atoms with van der Waals surface area (Å²) >= 11 is 6.07. The minimum atomic E-state index is -2.09. The number of alkyl halides is 1. The van der Waals surface area contributed by atoms with Gasteiger partial charge < -0.3 is 14.0 Å². The molecule has 0 spiro atoms. The van der Waals surface area contributed by atoms with Gasteiger partial charge in [0.2, 0.25) is 0 Å². The Balaban J connectivity index is 1.82. The van der Waals surface area contributed by atoms with Crippen LogP contribution in [0, 0.1) is 0 Å². The van der Waals surface area contributed by atoms with Crippen LogP contribution in [0.4, 0.5) is 4.39 Å². The van der Waals surface area contributed by atoms with Crippen LogP contribution in [0.1, 0.15) is 26.3 Å². The number of ether oxygens (including phenoxy) is 2. The van der Waals surface area contributed by atoms with E-state index in [1.54, 1.807) is 30.7 Å². The van der Waals surface area contributed by atoms with E-state index in [0.717, 1.165) is 0 Å². The van der Waals surface area contributed by atoms with Gasteiger partial charge in [-0.3, -0.25) is 4.79 Å². The molecule has 1 saturated heterocycles. The molecule has 6 nitrogen and oxygen atoms in total. The molecule has 0 amide bonds. The molecule has 1 saturated carbocycles. The highest BCUT2D eigenvalue weighted by atomic mass is 35.5. The largest absolute Gasteiger partial charge is 0.342 e. The van der Waals surface area contributed by atoms with Gasteiger partial charge >= 0.3 is 0 Å². The van der Waals surface area contributed by atoms with Crippen molar-refractivity contribution in [3.05, 3.63) is 23.7 Å². The molecule has 2 aliphatic rings. The monoisotopic (exact) mass is 339 g/mol. The van der Waals surface area contributed by atoms with Gasteiger partial charge in [0, 0.05) is 12.6 Å². The minimum Gasteiger partial charge on any atom is -0.342 e. The van der Waals surface area contributed by atoms with Crippen molar-refractivity contribution in [3.63, 3.8) is 0 Å². The lowest BCUT2D eigenvalue weighted by molar-refractivity contribution is -0.171. The van der Waals surface area contributed by atoms with Crippen molar-refractivity contribution in [2.45, 2.75) is 50.0 Å². The van der Waals surface area contributed by atoms with E-state index in [4.69, 9.17) is 21.1 Å². The van der Waals surface area contributed by atoms with Gasteiger partial charge in [0.15, 0.2) is 17.7 Å². The fourth-order valence-electron chi connectivity index (χ4n) is 3.57. The third kappa shape index (κ3) is 2.10. The number of fused-ring (bicyclic) bond motifs is 2. The molecule has 3 heterocycles. The highest BCUT2D eigenvalue weighted by Gasteiger charge is 2.63. The Kier molecular flexibility index (Phi) is 3.07. The van der Waals surface area contributed by atoms with Gasteiger partial charge in [-0.25, -0.2) is 14.4 Å². The van der Waals surface area contributed by atoms with Crippen molar-refractivity contribution in [1.29, 1.82) is 0 Å². The van der Waals surface area contributed by atoms with Crippen molar-refractivity contribution in [1.82, 2.24) is 14.5 Å². The van der Waals surface area contributed by atoms with E-state index < -0.39 is 29.7 Å². The van der Waals surface area contributed by atoms with Gasteiger partial charge in [-0.1, -0.05) is 11.6 Å². The number of carbonyl (C=O) groups excluding carboxylic acids is 1. The zero-order chi connectivity index (χ0) is 16.4. The second kappa shape index (κ2) is 4.72. The van der Waals surface area contributed by atoms with Crippen LogP contribution < -0.4 is 0 Å². The maximum atomic E-state index is 15.0. The highest BCUT2D eigenvalue weighted by Crippen LogP contribution is 2.50. The van der Waals surface area contributed by atoms with Gasteiger partial charge in [-0.05, 0) is 19.9 Å². The molecule has 1 aliphatic carbocycles. The summed E-state index contributed by atoms with van der Waals surface area (Å²) in [4.78, 5) is 19.5. The van der Waals surface area contributed by atoms with E-state index in [-0.39, 0.29) is 6.42 Å². The zero-order valence-electron chi connectivity index (χ0n) is 12.6. The predicted molar refractivity (Wildman–Crippen MR) is 79.9 cm³/mol. The molecule has 1 aliphatic heterocycles. The SMILES string of the molecule is CC1(C)O[C@H]2[C@H](n3ccc4c(Cl)ncnc43)C[C@](F)(C=O)[C@H]2O1. The summed E-state index contributed by atoms with van der Waals surface area (Å²) in [6.45, 7) is 3.42. The normalized spacial score (nSPS) is 35.6. The molecule has 4 rings (SSSR count). The molecule has 0 radical (unpaired) electrons. The molecule has 2 aromatic heterocycles. The number of halogens is 2. The third-order valence-corrected chi connectivity index (χ3v) is 4.82. The van der Waals surface area contributed by atoms with Crippen LogP contribution in [-0.2, 0) is 14.3 Å². The van der Waals surface area contributed by atoms with Crippen molar-refractivity contribution in [3.8, 4) is 0 Å². The number of hydrogen-bond donors (Lipinski definition) is 0. The highest BCUT2D eigenvalue weighted by molar-refractivity contribution is 6.33. The van der Waals surface area contributed by atoms with E-state index >= 15 is 4.39 Å². The lowest BCUT2D eigenvalue weighted by Gasteiger charge is -2.25. The Labute approximate surface area is 136 Å². The molecular weight excluding hydrogens is 325 g/mol. The average Bonchev–Trinajstić information content (AvgIpc) is 3.12. The minimum absolute atomic E-state index is 0.0344. The summed E-state index contributed by atoms with van der Waals surface area (Å²) in [7, 11) is 0. The summed E-state index contributed by atoms with van der Waals surface area (Å²) in [5.41, 5.74) is -1.51. The second-order valence-electron chi connectivity index (χ2n) is 6.46. The van der Waals surface area contributed by atoms with Gasteiger partial charge in [0.25, 0.3) is 0 Å². The molecular formula is C15H15ClFN3O3. The summed E-state index contributed by atoms with van der Waals surface area (Å²) in [5.74, 6) is -0.941. The van der Waals surface area contributed by atoms with E-state index in [9.17, 15) is 4.79 Å². The van der Waals surface area contributed by atoms with Crippen LogP contribution in [0.3, 0.4) is 0 Å². The van der Waals surface area contributed by atoms with Crippen molar-refractivity contribution in [2.24, 2.45) is 0 Å². The quantitative estimate of drug-likeness (QED) is 0.621. The topological polar surface area (TPSA) is 66.2 Å². The van der Waals surface area contributed by atoms with Crippen LogP contribution in [0.25, 0.3) is 11.0 Å². The van der Waals surface area contributed by atoms with E-state index in [2.05, 4.69) is 9.97 Å². The first kappa shape index (κ1) is 15.0. The molecule has 122 valence electrons. The Bertz CT molecular complexity index is 795. The first-order valence-electron chi connectivity index (χ1n) is 7.32. The average molecular weight is 340 g/mol. The van der Waals surface area contributed by atoms with Crippen LogP contribution in [0.15, 0.2) is 18.6 Å². The molecule has 23 heavy (non-hydrogen) atoms. The summed E-state index contributed by atoms with van der Waals surface area (Å²) < 4.78 is 28.3. The van der Waals surface area contributed by atoms with Gasteiger partial charge in [-0.2, -0.15) is 0 Å². The molecule has 0 aromatic carbocycles. The number of rotatable bonds is 2. The molecule has 8 heteroatoms. The first-order valence-corrected chi connectivity index (χ1v) is 7.70. The standard InChI is InChI=1S/C15H15ClFN3O3/c1-14(2)22-10-9(5-15(17,6-21)11(10)23-14)20-4-3-8-12(16)18-7-19-13(8)20/h3-4,6-7,9-11H,5H2,1-2H3/t9-,10+,11+,15+/m1/s1. The predicted octanol–water partition coefficient (Wildman–Crippen LogP) is 2.46. The van der Waals surface area contributed by atoms with E-state index in [1.807, 2.05) is 0 Å². The van der Waals surface area contributed by atoms with Gasteiger partial charge in [0.05, 0.1) is 11.4 Å². The lowest BCUT2D eigenvalue weighted by Crippen LogP contribution is -2.39. The Morgan fingerprint density at radius 2 is 2.22 bits per heavy atom. The van der Waals surface area contributed by atoms with Crippen LogP contribution in [0.2, 0.25) is 5.15 Å². The molecule has 4 atom stereocenters. The maximum Gasteiger partial charge on any atom is 0.196 e. The van der Waals surface area contributed by atoms with Crippen molar-refractivity contribution in [2.75, 3.05) is 0 Å². The molecule has 0 unspecified atom stereocenters. The lowest BCUT2D eigenvalue weighted by atomic mass is 10.0. The second-order valence-corrected chi connectivity index (χ2v) is 6.82. The van der Waals surface area contributed by atoms with Crippen LogP contribution in [0.5, 0.6) is 0 Å². The van der Waals surface area contributed by atoms with E-state index in [1.165, 1.54) is 6.33 Å². The summed E-state index contributed by atoms with van der Waals surface area (Å²) in [5, 5.41) is 1.00. The van der Waals surface area contributed by atoms with Crippen molar-refractivity contribution >= 4 is 28.9 Å². The number of carbonyl (C=O) groups is 1. The molecule has 2 aromatic rings. The Morgan fingerprint density at radius 3 is 2.96 bits per heavy atom. The first-order chi connectivity index (χ1) is 10.8. The zero-order valence-corrected chi connectivity index (χ0v) is 13.3. The van der Waals surface area contributed by atoms with Crippen molar-refractivity contribution < 1.29 is 18.7 Å². The molecule has 0 bridgehead atoms. The van der Waals surface area contributed by atoms with Crippen LogP contribution in [-0.4, -0.2) is 44.5 Å². The fraction of sp³-hybridized carbons (Fsp3) is 0.533. The number of hydrogen-bond acceptors (Lipinski definition) is 5. The van der Waals surface area contributed by atoms with Gasteiger partial charge in [0.1, 0.15) is 29.3 Å². The smallest absolute Gasteiger partial charge is 0.196 e. The van der Waals surface area contributed by atoms with Gasteiger partial charge in [-0.15, -0.1) is 0 Å². The summed E-state index contributed by atoms with van der Waals surface area (Å²) in [6, 6.07) is 1.35. The third-order valence-electron chi connectivity index (χ3n) is 4.52. The number of aromatic nitrogens is 3. The molecule has 2 fully saturated rings. The summed E-state index contributed by atoms with van der Waals surface area (Å²) in [6.07, 6.45) is 1.89. The fourth-order valence-corrected chi connectivity index (χ4v) is 3.76. The number of nitrogens with zero attached hydrogens (tertiary/aromatic N) is 3. The van der Waals surface area contributed by atoms with E-state index in [0.29, 0.717) is 22.5 Å². The number of aldehydes is 1. The Hall–Kier alpha value is -1.57. The Morgan fingerprint density at radius 1 is 1.43 bits per heavy atom. The van der Waals surface area contributed by atoms with Crippen LogP contribution >= 0.6 is 11.6 Å². The maximum absolute atomic E-state index is 15.0.